The third-order valence-electron chi connectivity index (χ3n) is 1.47. The van der Waals surface area contributed by atoms with E-state index < -0.39 is 6.29 Å². The molecule has 0 aliphatic carbocycles. The fourth-order valence-corrected chi connectivity index (χ4v) is 0.778. The Balaban J connectivity index is 3.95. The third-order valence-corrected chi connectivity index (χ3v) is 1.47. The minimum atomic E-state index is -0.498. The third kappa shape index (κ3) is 5.27. The number of rotatable bonds is 6. The maximum atomic E-state index is 5.13. The van der Waals surface area contributed by atoms with Gasteiger partial charge in [-0.2, -0.15) is 0 Å². The van der Waals surface area contributed by atoms with E-state index in [1.165, 1.54) is 6.26 Å². The van der Waals surface area contributed by atoms with Gasteiger partial charge in [0.1, 0.15) is 0 Å². The molecule has 0 fully saturated rings. The zero-order valence-electron chi connectivity index (χ0n) is 8.32. The van der Waals surface area contributed by atoms with Gasteiger partial charge in [-0.15, -0.1) is 0 Å². The van der Waals surface area contributed by atoms with E-state index >= 15 is 0 Å². The largest absolute Gasteiger partial charge is 0.501 e. The molecule has 0 bridgehead atoms. The zero-order chi connectivity index (χ0) is 10.1. The molecule has 2 N–H and O–H groups in total. The quantitative estimate of drug-likeness (QED) is 0.390. The highest BCUT2D eigenvalue weighted by atomic mass is 16.7. The molecular formula is C9H17NO3. The van der Waals surface area contributed by atoms with Gasteiger partial charge in [0.25, 0.3) is 0 Å². The van der Waals surface area contributed by atoms with Gasteiger partial charge in [-0.05, 0) is 19.9 Å². The Bertz CT molecular complexity index is 178. The van der Waals surface area contributed by atoms with Crippen LogP contribution in [0.25, 0.3) is 0 Å². The maximum Gasteiger partial charge on any atom is 0.223 e. The first-order chi connectivity index (χ1) is 6.28. The van der Waals surface area contributed by atoms with Crippen molar-refractivity contribution in [1.29, 1.82) is 0 Å². The minimum absolute atomic E-state index is 0.494. The summed E-state index contributed by atoms with van der Waals surface area (Å²) >= 11 is 0. The lowest BCUT2D eigenvalue weighted by Gasteiger charge is -2.14. The molecule has 1 atom stereocenters. The standard InChI is InChI=1S/C9H17NO3/c1-4-6-12-9(13-10)7-8(5-2)11-3/h4-6,9H,7,10H2,1-3H3/b6-4+,8-5+. The molecule has 0 saturated carbocycles. The van der Waals surface area contributed by atoms with Crippen LogP contribution in [-0.2, 0) is 14.3 Å². The van der Waals surface area contributed by atoms with E-state index in [1.807, 2.05) is 19.9 Å². The lowest BCUT2D eigenvalue weighted by molar-refractivity contribution is -0.112. The second-order valence-corrected chi connectivity index (χ2v) is 2.33. The average molecular weight is 187 g/mol. The molecule has 13 heavy (non-hydrogen) atoms. The van der Waals surface area contributed by atoms with Gasteiger partial charge in [-0.25, -0.2) is 5.90 Å². The molecule has 0 heterocycles. The maximum absolute atomic E-state index is 5.13. The SMILES string of the molecule is C/C=C/OC(C/C(=C\C)OC)ON. The minimum Gasteiger partial charge on any atom is -0.501 e. The summed E-state index contributed by atoms with van der Waals surface area (Å²) in [5, 5.41) is 0. The number of hydrogen-bond donors (Lipinski definition) is 1. The first-order valence-corrected chi connectivity index (χ1v) is 4.09. The van der Waals surface area contributed by atoms with Gasteiger partial charge >= 0.3 is 0 Å². The molecule has 0 amide bonds. The van der Waals surface area contributed by atoms with Gasteiger partial charge in [-0.1, -0.05) is 6.08 Å². The lowest BCUT2D eigenvalue weighted by atomic mass is 10.3. The second kappa shape index (κ2) is 7.64. The zero-order valence-corrected chi connectivity index (χ0v) is 8.32. The van der Waals surface area contributed by atoms with Gasteiger partial charge in [-0.3, -0.25) is 4.84 Å². The summed E-state index contributed by atoms with van der Waals surface area (Å²) in [4.78, 5) is 4.59. The van der Waals surface area contributed by atoms with Crippen molar-refractivity contribution in [1.82, 2.24) is 0 Å². The molecule has 0 spiro atoms. The molecular weight excluding hydrogens is 170 g/mol. The fourth-order valence-electron chi connectivity index (χ4n) is 0.778. The molecule has 0 radical (unpaired) electrons. The van der Waals surface area contributed by atoms with Crippen LogP contribution in [0, 0.1) is 0 Å². The van der Waals surface area contributed by atoms with Gasteiger partial charge in [0, 0.05) is 0 Å². The Morgan fingerprint density at radius 3 is 2.54 bits per heavy atom. The van der Waals surface area contributed by atoms with Gasteiger partial charge in [0.05, 0.1) is 25.6 Å². The molecule has 4 nitrogen and oxygen atoms in total. The number of methoxy groups -OCH3 is 1. The van der Waals surface area contributed by atoms with Crippen molar-refractivity contribution < 1.29 is 14.3 Å². The van der Waals surface area contributed by atoms with Crippen LogP contribution in [0.15, 0.2) is 24.2 Å². The van der Waals surface area contributed by atoms with Crippen LogP contribution in [0.5, 0.6) is 0 Å². The number of allylic oxidation sites excluding steroid dienone is 2. The predicted octanol–water partition coefficient (Wildman–Crippen LogP) is 1.69. The van der Waals surface area contributed by atoms with Crippen LogP contribution in [0.1, 0.15) is 20.3 Å². The van der Waals surface area contributed by atoms with Crippen LogP contribution in [0.2, 0.25) is 0 Å². The van der Waals surface area contributed by atoms with Crippen LogP contribution >= 0.6 is 0 Å². The van der Waals surface area contributed by atoms with Gasteiger partial charge in [0.15, 0.2) is 0 Å². The highest BCUT2D eigenvalue weighted by molar-refractivity contribution is 4.91. The van der Waals surface area contributed by atoms with E-state index in [0.29, 0.717) is 6.42 Å². The van der Waals surface area contributed by atoms with Crippen molar-refractivity contribution >= 4 is 0 Å². The van der Waals surface area contributed by atoms with Crippen LogP contribution < -0.4 is 5.90 Å². The number of ether oxygens (including phenoxy) is 2. The summed E-state index contributed by atoms with van der Waals surface area (Å²) in [7, 11) is 1.60. The second-order valence-electron chi connectivity index (χ2n) is 2.33. The summed E-state index contributed by atoms with van der Waals surface area (Å²) in [6.07, 6.45) is 5.12. The number of hydrogen-bond acceptors (Lipinski definition) is 4. The van der Waals surface area contributed by atoms with Gasteiger partial charge in [0.2, 0.25) is 6.29 Å². The highest BCUT2D eigenvalue weighted by Gasteiger charge is 2.09. The first-order valence-electron chi connectivity index (χ1n) is 4.09. The van der Waals surface area contributed by atoms with Crippen molar-refractivity contribution in [3.8, 4) is 0 Å². The summed E-state index contributed by atoms with van der Waals surface area (Å²) in [5.41, 5.74) is 0. The summed E-state index contributed by atoms with van der Waals surface area (Å²) in [6.45, 7) is 3.72. The van der Waals surface area contributed by atoms with Crippen LogP contribution in [0.3, 0.4) is 0 Å². The Morgan fingerprint density at radius 1 is 1.46 bits per heavy atom. The predicted molar refractivity (Wildman–Crippen MR) is 50.3 cm³/mol. The Hall–Kier alpha value is -1.00. The summed E-state index contributed by atoms with van der Waals surface area (Å²) in [5.74, 6) is 5.81. The van der Waals surface area contributed by atoms with Gasteiger partial charge < -0.3 is 9.47 Å². The van der Waals surface area contributed by atoms with E-state index in [-0.39, 0.29) is 0 Å². The van der Waals surface area contributed by atoms with Crippen molar-refractivity contribution in [3.05, 3.63) is 24.2 Å². The number of nitrogens with two attached hydrogens (primary N) is 1. The molecule has 0 aromatic carbocycles. The normalized spacial score (nSPS) is 14.6. The van der Waals surface area contributed by atoms with Crippen molar-refractivity contribution in [3.63, 3.8) is 0 Å². The molecule has 76 valence electrons. The topological polar surface area (TPSA) is 53.7 Å². The summed E-state index contributed by atoms with van der Waals surface area (Å²) in [6, 6.07) is 0. The smallest absolute Gasteiger partial charge is 0.223 e. The fraction of sp³-hybridized carbons (Fsp3) is 0.556. The molecule has 1 unspecified atom stereocenters. The molecule has 4 heteroatoms. The first kappa shape index (κ1) is 12.0. The van der Waals surface area contributed by atoms with Crippen LogP contribution in [-0.4, -0.2) is 13.4 Å². The lowest BCUT2D eigenvalue weighted by Crippen LogP contribution is -2.19. The van der Waals surface area contributed by atoms with E-state index in [9.17, 15) is 0 Å². The van der Waals surface area contributed by atoms with E-state index in [2.05, 4.69) is 4.84 Å². The Kier molecular flexibility index (Phi) is 7.05. The summed E-state index contributed by atoms with van der Waals surface area (Å²) < 4.78 is 10.2. The van der Waals surface area contributed by atoms with E-state index in [4.69, 9.17) is 15.4 Å². The molecule has 0 aliphatic rings. The Morgan fingerprint density at radius 2 is 2.15 bits per heavy atom. The molecule has 0 aliphatic heterocycles. The monoisotopic (exact) mass is 187 g/mol. The molecule has 0 rings (SSSR count). The average Bonchev–Trinajstić information content (AvgIpc) is 2.19. The van der Waals surface area contributed by atoms with Crippen molar-refractivity contribution in [2.45, 2.75) is 26.6 Å². The molecule has 0 saturated heterocycles. The molecule has 0 aromatic rings. The van der Waals surface area contributed by atoms with E-state index in [0.717, 1.165) is 5.76 Å². The Labute approximate surface area is 78.9 Å². The van der Waals surface area contributed by atoms with Crippen molar-refractivity contribution in [2.24, 2.45) is 5.90 Å². The van der Waals surface area contributed by atoms with Crippen molar-refractivity contribution in [2.75, 3.05) is 7.11 Å². The highest BCUT2D eigenvalue weighted by Crippen LogP contribution is 2.09. The molecule has 0 aromatic heterocycles. The van der Waals surface area contributed by atoms with E-state index in [1.54, 1.807) is 13.2 Å². The van der Waals surface area contributed by atoms with Crippen LogP contribution in [0.4, 0.5) is 0 Å².